The molecule has 0 aromatic heterocycles. The number of rotatable bonds is 4. The van der Waals surface area contributed by atoms with Crippen LogP contribution in [0.25, 0.3) is 0 Å². The van der Waals surface area contributed by atoms with E-state index in [2.05, 4.69) is 5.32 Å². The molecule has 0 fully saturated rings. The molecule has 2 rings (SSSR count). The van der Waals surface area contributed by atoms with Crippen LogP contribution >= 0.6 is 35.0 Å². The van der Waals surface area contributed by atoms with Crippen LogP contribution in [-0.2, 0) is 4.79 Å². The molecule has 2 nitrogen and oxygen atoms in total. The summed E-state index contributed by atoms with van der Waals surface area (Å²) in [6.45, 7) is 0. The maximum Gasteiger partial charge on any atom is 0.248 e. The zero-order chi connectivity index (χ0) is 14.4. The van der Waals surface area contributed by atoms with Crippen LogP contribution in [0, 0.1) is 0 Å². The van der Waals surface area contributed by atoms with Crippen molar-refractivity contribution in [2.24, 2.45) is 0 Å². The Morgan fingerprint density at radius 2 is 1.70 bits per heavy atom. The topological polar surface area (TPSA) is 29.1 Å². The van der Waals surface area contributed by atoms with Gasteiger partial charge in [0.2, 0.25) is 5.91 Å². The normalized spacial score (nSPS) is 10.7. The summed E-state index contributed by atoms with van der Waals surface area (Å²) in [5, 5.41) is 5.60. The van der Waals surface area contributed by atoms with Crippen molar-refractivity contribution in [3.8, 4) is 0 Å². The summed E-state index contributed by atoms with van der Waals surface area (Å²) in [7, 11) is 0. The molecule has 0 unspecified atom stereocenters. The molecule has 0 aliphatic rings. The lowest BCUT2D eigenvalue weighted by Crippen LogP contribution is -2.07. The summed E-state index contributed by atoms with van der Waals surface area (Å²) >= 11 is 13.2. The monoisotopic (exact) mass is 323 g/mol. The minimum Gasteiger partial charge on any atom is -0.322 e. The minimum absolute atomic E-state index is 0.183. The number of carbonyl (C=O) groups is 1. The van der Waals surface area contributed by atoms with Crippen molar-refractivity contribution < 1.29 is 4.79 Å². The average Bonchev–Trinajstić information content (AvgIpc) is 2.38. The van der Waals surface area contributed by atoms with E-state index in [1.165, 1.54) is 17.8 Å². The lowest BCUT2D eigenvalue weighted by atomic mass is 10.3. The highest BCUT2D eigenvalue weighted by molar-refractivity contribution is 8.02. The highest BCUT2D eigenvalue weighted by atomic mass is 35.5. The number of anilines is 1. The first-order valence-electron chi connectivity index (χ1n) is 5.79. The Labute approximate surface area is 131 Å². The van der Waals surface area contributed by atoms with Crippen LogP contribution in [0.1, 0.15) is 0 Å². The SMILES string of the molecule is O=C(C=CSc1cc(Cl)cc(Cl)c1)Nc1ccccc1. The van der Waals surface area contributed by atoms with Crippen LogP contribution in [0.3, 0.4) is 0 Å². The zero-order valence-corrected chi connectivity index (χ0v) is 12.7. The molecule has 0 saturated carbocycles. The Balaban J connectivity index is 1.91. The van der Waals surface area contributed by atoms with Crippen LogP contribution in [0.15, 0.2) is 64.9 Å². The maximum absolute atomic E-state index is 11.7. The van der Waals surface area contributed by atoms with Gasteiger partial charge in [-0.2, -0.15) is 0 Å². The molecule has 102 valence electrons. The smallest absolute Gasteiger partial charge is 0.248 e. The van der Waals surface area contributed by atoms with Crippen LogP contribution in [0.2, 0.25) is 10.0 Å². The van der Waals surface area contributed by atoms with Gasteiger partial charge in [-0.05, 0) is 35.7 Å². The predicted octanol–water partition coefficient (Wildman–Crippen LogP) is 5.24. The Morgan fingerprint density at radius 1 is 1.05 bits per heavy atom. The number of amides is 1. The van der Waals surface area contributed by atoms with Gasteiger partial charge in [-0.25, -0.2) is 0 Å². The summed E-state index contributed by atoms with van der Waals surface area (Å²) in [5.74, 6) is -0.183. The second kappa shape index (κ2) is 7.39. The Kier molecular flexibility index (Phi) is 5.53. The van der Waals surface area contributed by atoms with Crippen molar-refractivity contribution in [1.82, 2.24) is 0 Å². The molecule has 2 aromatic carbocycles. The van der Waals surface area contributed by atoms with Gasteiger partial charge >= 0.3 is 0 Å². The van der Waals surface area contributed by atoms with Crippen molar-refractivity contribution in [2.75, 3.05) is 5.32 Å². The third-order valence-electron chi connectivity index (χ3n) is 2.30. The van der Waals surface area contributed by atoms with E-state index in [0.29, 0.717) is 10.0 Å². The van der Waals surface area contributed by atoms with Crippen molar-refractivity contribution >= 4 is 46.6 Å². The molecule has 0 radical (unpaired) electrons. The molecule has 0 bridgehead atoms. The van der Waals surface area contributed by atoms with E-state index in [4.69, 9.17) is 23.2 Å². The molecule has 5 heteroatoms. The average molecular weight is 324 g/mol. The molecule has 2 aromatic rings. The van der Waals surface area contributed by atoms with Crippen LogP contribution in [-0.4, -0.2) is 5.91 Å². The summed E-state index contributed by atoms with van der Waals surface area (Å²) < 4.78 is 0. The Morgan fingerprint density at radius 3 is 2.35 bits per heavy atom. The number of para-hydroxylation sites is 1. The van der Waals surface area contributed by atoms with Gasteiger partial charge in [0, 0.05) is 26.7 Å². The molecule has 0 saturated heterocycles. The second-order valence-electron chi connectivity index (χ2n) is 3.88. The lowest BCUT2D eigenvalue weighted by molar-refractivity contribution is -0.111. The molecule has 20 heavy (non-hydrogen) atoms. The van der Waals surface area contributed by atoms with Gasteiger partial charge in [0.1, 0.15) is 0 Å². The first kappa shape index (κ1) is 15.0. The van der Waals surface area contributed by atoms with E-state index in [-0.39, 0.29) is 5.91 Å². The molecule has 1 N–H and O–H groups in total. The van der Waals surface area contributed by atoms with Gasteiger partial charge in [0.15, 0.2) is 0 Å². The standard InChI is InChI=1S/C15H11Cl2NOS/c16-11-8-12(17)10-14(9-11)20-7-6-15(19)18-13-4-2-1-3-5-13/h1-10H,(H,18,19). The van der Waals surface area contributed by atoms with E-state index < -0.39 is 0 Å². The summed E-state index contributed by atoms with van der Waals surface area (Å²) in [6, 6.07) is 14.5. The van der Waals surface area contributed by atoms with Gasteiger partial charge in [-0.15, -0.1) is 0 Å². The van der Waals surface area contributed by atoms with E-state index in [1.807, 2.05) is 30.3 Å². The largest absolute Gasteiger partial charge is 0.322 e. The van der Waals surface area contributed by atoms with Crippen LogP contribution < -0.4 is 5.32 Å². The molecule has 0 aliphatic heterocycles. The second-order valence-corrected chi connectivity index (χ2v) is 5.73. The fourth-order valence-electron chi connectivity index (χ4n) is 1.48. The van der Waals surface area contributed by atoms with Gasteiger partial charge < -0.3 is 5.32 Å². The van der Waals surface area contributed by atoms with Crippen LogP contribution in [0.4, 0.5) is 5.69 Å². The number of thioether (sulfide) groups is 1. The van der Waals surface area contributed by atoms with Gasteiger partial charge in [0.25, 0.3) is 0 Å². The third kappa shape index (κ3) is 4.93. The first-order chi connectivity index (χ1) is 9.63. The van der Waals surface area contributed by atoms with Crippen LogP contribution in [0.5, 0.6) is 0 Å². The Bertz CT molecular complexity index is 609. The quantitative estimate of drug-likeness (QED) is 0.616. The number of nitrogens with one attached hydrogen (secondary N) is 1. The summed E-state index contributed by atoms with van der Waals surface area (Å²) in [6.07, 6.45) is 1.46. The van der Waals surface area contributed by atoms with Crippen molar-refractivity contribution in [3.05, 3.63) is 70.1 Å². The van der Waals surface area contributed by atoms with E-state index in [1.54, 1.807) is 23.6 Å². The zero-order valence-electron chi connectivity index (χ0n) is 10.3. The molecular weight excluding hydrogens is 313 g/mol. The third-order valence-corrected chi connectivity index (χ3v) is 3.52. The molecule has 1 amide bonds. The van der Waals surface area contributed by atoms with Gasteiger partial charge in [0.05, 0.1) is 0 Å². The highest BCUT2D eigenvalue weighted by Gasteiger charge is 1.99. The van der Waals surface area contributed by atoms with Crippen molar-refractivity contribution in [1.29, 1.82) is 0 Å². The Hall–Kier alpha value is -1.42. The first-order valence-corrected chi connectivity index (χ1v) is 7.42. The minimum atomic E-state index is -0.183. The number of hydrogen-bond acceptors (Lipinski definition) is 2. The van der Waals surface area contributed by atoms with Crippen molar-refractivity contribution in [2.45, 2.75) is 4.90 Å². The number of carbonyl (C=O) groups excluding carboxylic acids is 1. The molecule has 0 aliphatic carbocycles. The number of hydrogen-bond donors (Lipinski definition) is 1. The molecule has 0 heterocycles. The molecular formula is C15H11Cl2NOS. The fraction of sp³-hybridized carbons (Fsp3) is 0. The van der Waals surface area contributed by atoms with E-state index >= 15 is 0 Å². The maximum atomic E-state index is 11.7. The predicted molar refractivity (Wildman–Crippen MR) is 86.5 cm³/mol. The molecule has 0 atom stereocenters. The molecule has 0 spiro atoms. The van der Waals surface area contributed by atoms with E-state index in [0.717, 1.165) is 10.6 Å². The summed E-state index contributed by atoms with van der Waals surface area (Å²) in [4.78, 5) is 12.6. The van der Waals surface area contributed by atoms with Crippen molar-refractivity contribution in [3.63, 3.8) is 0 Å². The number of benzene rings is 2. The highest BCUT2D eigenvalue weighted by Crippen LogP contribution is 2.27. The van der Waals surface area contributed by atoms with E-state index in [9.17, 15) is 4.79 Å². The van der Waals surface area contributed by atoms with Gasteiger partial charge in [-0.3, -0.25) is 4.79 Å². The lowest BCUT2D eigenvalue weighted by Gasteiger charge is -2.01. The fourth-order valence-corrected chi connectivity index (χ4v) is 2.87. The number of halogens is 2. The summed E-state index contributed by atoms with van der Waals surface area (Å²) in [5.41, 5.74) is 0.762. The van der Waals surface area contributed by atoms with Gasteiger partial charge in [-0.1, -0.05) is 53.2 Å².